The van der Waals surface area contributed by atoms with Crippen LogP contribution in [0, 0.1) is 6.92 Å². The maximum Gasteiger partial charge on any atom is 0.323 e. The second-order valence-electron chi connectivity index (χ2n) is 9.52. The van der Waals surface area contributed by atoms with Gasteiger partial charge in [0.05, 0.1) is 22.8 Å². The highest BCUT2D eigenvalue weighted by molar-refractivity contribution is 7.21. The number of para-hydroxylation sites is 1. The summed E-state index contributed by atoms with van der Waals surface area (Å²) in [4.78, 5) is 36.6. The lowest BCUT2D eigenvalue weighted by atomic mass is 10.0. The smallest absolute Gasteiger partial charge is 0.323 e. The molecule has 9 heteroatoms. The van der Waals surface area contributed by atoms with Gasteiger partial charge in [-0.25, -0.2) is 9.78 Å². The molecular formula is C28H27N5O3S. The third-order valence-electron chi connectivity index (χ3n) is 6.86. The molecule has 0 saturated carbocycles. The van der Waals surface area contributed by atoms with Gasteiger partial charge in [0.15, 0.2) is 0 Å². The fraction of sp³-hybridized carbons (Fsp3) is 0.250. The van der Waals surface area contributed by atoms with Crippen LogP contribution in [0.4, 0.5) is 21.9 Å². The van der Waals surface area contributed by atoms with Crippen molar-refractivity contribution in [3.8, 4) is 11.5 Å². The number of nitrogens with one attached hydrogen (secondary N) is 2. The molecule has 2 N–H and O–H groups in total. The second kappa shape index (κ2) is 9.49. The molecule has 1 atom stereocenters. The molecule has 37 heavy (non-hydrogen) atoms. The van der Waals surface area contributed by atoms with Crippen molar-refractivity contribution in [3.05, 3.63) is 71.2 Å². The molecule has 0 spiro atoms. The fourth-order valence-corrected chi connectivity index (χ4v) is 6.24. The van der Waals surface area contributed by atoms with Gasteiger partial charge in [0.25, 0.3) is 5.91 Å². The van der Waals surface area contributed by atoms with Crippen molar-refractivity contribution in [1.29, 1.82) is 0 Å². The molecule has 2 aliphatic heterocycles. The number of urea groups is 1. The van der Waals surface area contributed by atoms with Crippen molar-refractivity contribution in [3.63, 3.8) is 0 Å². The summed E-state index contributed by atoms with van der Waals surface area (Å²) < 4.78 is 6.04. The molecule has 2 aromatic carbocycles. The number of rotatable bonds is 5. The van der Waals surface area contributed by atoms with E-state index in [1.54, 1.807) is 12.3 Å². The zero-order valence-corrected chi connectivity index (χ0v) is 21.5. The van der Waals surface area contributed by atoms with Crippen LogP contribution in [0.1, 0.15) is 28.1 Å². The molecule has 4 aromatic rings. The van der Waals surface area contributed by atoms with Gasteiger partial charge >= 0.3 is 6.03 Å². The lowest BCUT2D eigenvalue weighted by molar-refractivity contribution is 0.0965. The van der Waals surface area contributed by atoms with Gasteiger partial charge in [0.1, 0.15) is 21.2 Å². The van der Waals surface area contributed by atoms with Crippen molar-refractivity contribution in [1.82, 2.24) is 9.88 Å². The van der Waals surface area contributed by atoms with E-state index in [1.807, 2.05) is 60.4 Å². The zero-order valence-electron chi connectivity index (χ0n) is 20.7. The van der Waals surface area contributed by atoms with Gasteiger partial charge in [0.2, 0.25) is 0 Å². The molecule has 2 aliphatic rings. The minimum Gasteiger partial charge on any atom is -0.457 e. The largest absolute Gasteiger partial charge is 0.457 e. The molecule has 188 valence electrons. The van der Waals surface area contributed by atoms with E-state index < -0.39 is 0 Å². The maximum absolute atomic E-state index is 14.4. The molecule has 3 amide bonds. The van der Waals surface area contributed by atoms with Crippen LogP contribution >= 0.6 is 11.3 Å². The van der Waals surface area contributed by atoms with Gasteiger partial charge in [0, 0.05) is 18.4 Å². The number of hydrogen-bond acceptors (Lipinski definition) is 6. The molecule has 1 saturated heterocycles. The molecule has 1 fully saturated rings. The number of carbonyl (C=O) groups excluding carboxylic acids is 2. The van der Waals surface area contributed by atoms with Crippen molar-refractivity contribution in [2.24, 2.45) is 0 Å². The van der Waals surface area contributed by atoms with Crippen LogP contribution in [0.3, 0.4) is 0 Å². The number of aryl methyl sites for hydroxylation is 1. The van der Waals surface area contributed by atoms with E-state index >= 15 is 0 Å². The van der Waals surface area contributed by atoms with Crippen molar-refractivity contribution >= 4 is 50.6 Å². The number of amides is 3. The number of pyridine rings is 1. The first-order chi connectivity index (χ1) is 18.0. The van der Waals surface area contributed by atoms with Gasteiger partial charge in [-0.15, -0.1) is 11.3 Å². The number of hydrogen-bond donors (Lipinski definition) is 2. The monoisotopic (exact) mass is 513 g/mol. The minimum absolute atomic E-state index is 0.00639. The fourth-order valence-electron chi connectivity index (χ4n) is 5.18. The molecule has 0 bridgehead atoms. The molecule has 1 unspecified atom stereocenters. The Morgan fingerprint density at radius 3 is 2.76 bits per heavy atom. The van der Waals surface area contributed by atoms with Gasteiger partial charge < -0.3 is 25.2 Å². The summed E-state index contributed by atoms with van der Waals surface area (Å²) in [6.45, 7) is 3.77. The zero-order chi connectivity index (χ0) is 25.5. The van der Waals surface area contributed by atoms with Gasteiger partial charge in [-0.3, -0.25) is 4.79 Å². The number of benzene rings is 2. The van der Waals surface area contributed by atoms with Crippen LogP contribution in [0.15, 0.2) is 60.8 Å². The second-order valence-corrected chi connectivity index (χ2v) is 10.5. The molecule has 4 heterocycles. The van der Waals surface area contributed by atoms with E-state index in [-0.39, 0.29) is 18.0 Å². The van der Waals surface area contributed by atoms with Crippen LogP contribution in [0.5, 0.6) is 11.5 Å². The average molecular weight is 514 g/mol. The molecule has 2 aromatic heterocycles. The SMILES string of the molecule is Cc1cc(Oc2ccccc2)ccc1N(C(=O)c1sc2nccc3c2c1NC(=O)N3)C1CCCN(C)C1. The summed E-state index contributed by atoms with van der Waals surface area (Å²) in [5, 5.41) is 6.46. The number of likely N-dealkylation sites (N-methyl/N-ethyl adjacent to an activating group) is 1. The number of aromatic nitrogens is 1. The van der Waals surface area contributed by atoms with Crippen LogP contribution in [0.25, 0.3) is 10.2 Å². The average Bonchev–Trinajstić information content (AvgIpc) is 3.26. The summed E-state index contributed by atoms with van der Waals surface area (Å²) in [6, 6.07) is 16.9. The molecule has 6 rings (SSSR count). The summed E-state index contributed by atoms with van der Waals surface area (Å²) in [5.74, 6) is 1.34. The third-order valence-corrected chi connectivity index (χ3v) is 7.95. The first kappa shape index (κ1) is 23.4. The van der Waals surface area contributed by atoms with Crippen molar-refractivity contribution < 1.29 is 14.3 Å². The first-order valence-corrected chi connectivity index (χ1v) is 13.1. The summed E-state index contributed by atoms with van der Waals surface area (Å²) in [6.07, 6.45) is 3.56. The Bertz CT molecular complexity index is 1500. The van der Waals surface area contributed by atoms with Crippen LogP contribution in [-0.4, -0.2) is 48.0 Å². The summed E-state index contributed by atoms with van der Waals surface area (Å²) in [7, 11) is 2.09. The Labute approximate surface area is 218 Å². The van der Waals surface area contributed by atoms with E-state index in [2.05, 4.69) is 27.6 Å². The predicted octanol–water partition coefficient (Wildman–Crippen LogP) is 6.10. The Hall–Kier alpha value is -3.95. The normalized spacial score (nSPS) is 17.2. The maximum atomic E-state index is 14.4. The highest BCUT2D eigenvalue weighted by atomic mass is 32.1. The number of thiophene rings is 1. The van der Waals surface area contributed by atoms with Gasteiger partial charge in [-0.1, -0.05) is 18.2 Å². The van der Waals surface area contributed by atoms with Gasteiger partial charge in [-0.05, 0) is 75.3 Å². The quantitative estimate of drug-likeness (QED) is 0.337. The lowest BCUT2D eigenvalue weighted by Crippen LogP contribution is -2.49. The number of carbonyl (C=O) groups is 2. The van der Waals surface area contributed by atoms with E-state index in [1.165, 1.54) is 11.3 Å². The van der Waals surface area contributed by atoms with Crippen molar-refractivity contribution in [2.75, 3.05) is 35.7 Å². The Kier molecular flexibility index (Phi) is 6.02. The number of piperidine rings is 1. The molecule has 8 nitrogen and oxygen atoms in total. The number of nitrogens with zero attached hydrogens (tertiary/aromatic N) is 3. The van der Waals surface area contributed by atoms with E-state index in [0.29, 0.717) is 26.8 Å². The van der Waals surface area contributed by atoms with Crippen molar-refractivity contribution in [2.45, 2.75) is 25.8 Å². The van der Waals surface area contributed by atoms with Gasteiger partial charge in [-0.2, -0.15) is 0 Å². The Morgan fingerprint density at radius 1 is 1.14 bits per heavy atom. The highest BCUT2D eigenvalue weighted by Gasteiger charge is 2.35. The topological polar surface area (TPSA) is 86.8 Å². The Morgan fingerprint density at radius 2 is 1.97 bits per heavy atom. The minimum atomic E-state index is -0.352. The van der Waals surface area contributed by atoms with E-state index in [4.69, 9.17) is 4.74 Å². The lowest BCUT2D eigenvalue weighted by Gasteiger charge is -2.38. The van der Waals surface area contributed by atoms with Crippen LogP contribution in [-0.2, 0) is 0 Å². The van der Waals surface area contributed by atoms with Crippen LogP contribution in [0.2, 0.25) is 0 Å². The van der Waals surface area contributed by atoms with E-state index in [0.717, 1.165) is 48.3 Å². The predicted molar refractivity (Wildman–Crippen MR) is 147 cm³/mol. The number of ether oxygens (including phenoxy) is 1. The highest BCUT2D eigenvalue weighted by Crippen LogP contribution is 2.43. The molecule has 0 aliphatic carbocycles. The molecule has 0 radical (unpaired) electrons. The number of anilines is 3. The Balaban J connectivity index is 1.42. The standard InChI is InChI=1S/C28H27N5O3S/c1-17-15-20(36-19-8-4-3-5-9-19)10-11-22(17)33(18-7-6-14-32(2)16-18)27(34)25-24-23-21(30-28(35)31-24)12-13-29-26(23)37-25/h3-5,8-13,15,18H,6-7,14,16H2,1-2H3,(H2,30,31,35). The first-order valence-electron chi connectivity index (χ1n) is 12.3. The molecular weight excluding hydrogens is 486 g/mol. The van der Waals surface area contributed by atoms with E-state index in [9.17, 15) is 9.59 Å². The number of likely N-dealkylation sites (tertiary alicyclic amines) is 1. The van der Waals surface area contributed by atoms with Crippen LogP contribution < -0.4 is 20.3 Å². The third kappa shape index (κ3) is 4.41. The summed E-state index contributed by atoms with van der Waals surface area (Å²) >= 11 is 1.32. The summed E-state index contributed by atoms with van der Waals surface area (Å²) in [5.41, 5.74) is 2.98.